The van der Waals surface area contributed by atoms with Crippen LogP contribution in [0, 0.1) is 18.3 Å². The van der Waals surface area contributed by atoms with E-state index in [0.29, 0.717) is 30.4 Å². The number of aryl methyl sites for hydroxylation is 2. The van der Waals surface area contributed by atoms with E-state index < -0.39 is 0 Å². The topological polar surface area (TPSA) is 104 Å². The average molecular weight is 519 g/mol. The Hall–Kier alpha value is -2.54. The van der Waals surface area contributed by atoms with Gasteiger partial charge >= 0.3 is 0 Å². The SMILES string of the molecule is CCNC(=NCCCc1nn(-c2ccc(C)cc2)c(N)c1C#N)NC1CC=CC1.I. The van der Waals surface area contributed by atoms with Crippen LogP contribution in [0.2, 0.25) is 0 Å². The molecule has 2 aromatic rings. The van der Waals surface area contributed by atoms with Crippen molar-refractivity contribution in [2.75, 3.05) is 18.8 Å². The molecule has 1 aliphatic carbocycles. The van der Waals surface area contributed by atoms with Gasteiger partial charge in [0, 0.05) is 19.1 Å². The number of nitrogens with two attached hydrogens (primary N) is 1. The van der Waals surface area contributed by atoms with Crippen molar-refractivity contribution in [3.63, 3.8) is 0 Å². The van der Waals surface area contributed by atoms with Gasteiger partial charge in [0.2, 0.25) is 0 Å². The molecule has 1 aromatic heterocycles. The summed E-state index contributed by atoms with van der Waals surface area (Å²) < 4.78 is 1.65. The Balaban J connectivity index is 0.00000320. The third kappa shape index (κ3) is 5.98. The minimum atomic E-state index is 0. The molecule has 7 nitrogen and oxygen atoms in total. The van der Waals surface area contributed by atoms with E-state index >= 15 is 0 Å². The van der Waals surface area contributed by atoms with Gasteiger partial charge in [0.1, 0.15) is 17.5 Å². The molecule has 0 saturated heterocycles. The number of aliphatic imine (C=N–C) groups is 1. The molecule has 1 aliphatic rings. The van der Waals surface area contributed by atoms with Crippen LogP contribution in [0.1, 0.15) is 43.0 Å². The Bertz CT molecular complexity index is 914. The molecule has 0 atom stereocenters. The smallest absolute Gasteiger partial charge is 0.191 e. The summed E-state index contributed by atoms with van der Waals surface area (Å²) in [6.45, 7) is 5.56. The van der Waals surface area contributed by atoms with Crippen LogP contribution in [-0.2, 0) is 6.42 Å². The van der Waals surface area contributed by atoms with Crippen molar-refractivity contribution in [3.8, 4) is 11.8 Å². The minimum absolute atomic E-state index is 0. The first-order valence-corrected chi connectivity index (χ1v) is 10.2. The third-order valence-electron chi connectivity index (χ3n) is 4.92. The molecule has 1 heterocycles. The largest absolute Gasteiger partial charge is 0.382 e. The lowest BCUT2D eigenvalue weighted by Crippen LogP contribution is -2.42. The van der Waals surface area contributed by atoms with Gasteiger partial charge in [-0.25, -0.2) is 4.68 Å². The number of nitriles is 1. The van der Waals surface area contributed by atoms with Gasteiger partial charge in [-0.15, -0.1) is 24.0 Å². The summed E-state index contributed by atoms with van der Waals surface area (Å²) in [4.78, 5) is 4.66. The molecule has 160 valence electrons. The van der Waals surface area contributed by atoms with Gasteiger partial charge in [0.25, 0.3) is 0 Å². The van der Waals surface area contributed by atoms with E-state index in [0.717, 1.165) is 48.7 Å². The second-order valence-corrected chi connectivity index (χ2v) is 7.21. The zero-order valence-electron chi connectivity index (χ0n) is 17.6. The summed E-state index contributed by atoms with van der Waals surface area (Å²) in [5.74, 6) is 1.23. The third-order valence-corrected chi connectivity index (χ3v) is 4.92. The van der Waals surface area contributed by atoms with Gasteiger partial charge < -0.3 is 16.4 Å². The van der Waals surface area contributed by atoms with Crippen LogP contribution < -0.4 is 16.4 Å². The van der Waals surface area contributed by atoms with Gasteiger partial charge in [-0.2, -0.15) is 10.4 Å². The van der Waals surface area contributed by atoms with Crippen LogP contribution in [0.4, 0.5) is 5.82 Å². The van der Waals surface area contributed by atoms with Crippen molar-refractivity contribution in [1.82, 2.24) is 20.4 Å². The molecule has 0 spiro atoms. The first-order valence-electron chi connectivity index (χ1n) is 10.2. The Labute approximate surface area is 195 Å². The van der Waals surface area contributed by atoms with Crippen molar-refractivity contribution in [3.05, 3.63) is 53.2 Å². The van der Waals surface area contributed by atoms with Gasteiger partial charge in [0.15, 0.2) is 5.96 Å². The Morgan fingerprint density at radius 1 is 1.30 bits per heavy atom. The molecule has 0 radical (unpaired) electrons. The number of aromatic nitrogens is 2. The summed E-state index contributed by atoms with van der Waals surface area (Å²) in [7, 11) is 0. The number of nitrogens with zero attached hydrogens (tertiary/aromatic N) is 4. The summed E-state index contributed by atoms with van der Waals surface area (Å²) in [6.07, 6.45) is 7.90. The molecule has 0 fully saturated rings. The number of hydrogen-bond donors (Lipinski definition) is 3. The maximum atomic E-state index is 9.54. The Morgan fingerprint density at radius 2 is 2.00 bits per heavy atom. The highest BCUT2D eigenvalue weighted by molar-refractivity contribution is 14.0. The maximum absolute atomic E-state index is 9.54. The van der Waals surface area contributed by atoms with Crippen LogP contribution in [0.15, 0.2) is 41.4 Å². The molecule has 0 saturated carbocycles. The molecule has 3 rings (SSSR count). The lowest BCUT2D eigenvalue weighted by Gasteiger charge is -2.16. The zero-order chi connectivity index (χ0) is 20.6. The van der Waals surface area contributed by atoms with Crippen molar-refractivity contribution in [2.24, 2.45) is 4.99 Å². The molecule has 0 unspecified atom stereocenters. The van der Waals surface area contributed by atoms with E-state index in [1.54, 1.807) is 4.68 Å². The fourth-order valence-corrected chi connectivity index (χ4v) is 3.34. The Morgan fingerprint density at radius 3 is 2.63 bits per heavy atom. The number of nitrogens with one attached hydrogen (secondary N) is 2. The fraction of sp³-hybridized carbons (Fsp3) is 0.409. The van der Waals surface area contributed by atoms with E-state index in [1.165, 1.54) is 0 Å². The monoisotopic (exact) mass is 519 g/mol. The van der Waals surface area contributed by atoms with Crippen LogP contribution in [0.3, 0.4) is 0 Å². The number of nitrogen functional groups attached to an aromatic ring is 1. The minimum Gasteiger partial charge on any atom is -0.382 e. The first-order chi connectivity index (χ1) is 14.1. The van der Waals surface area contributed by atoms with E-state index in [-0.39, 0.29) is 24.0 Å². The number of halogens is 1. The quantitative estimate of drug-likeness (QED) is 0.171. The predicted octanol–water partition coefficient (Wildman–Crippen LogP) is 3.46. The molecule has 0 bridgehead atoms. The summed E-state index contributed by atoms with van der Waals surface area (Å²) >= 11 is 0. The van der Waals surface area contributed by atoms with Crippen LogP contribution in [-0.4, -0.2) is 34.9 Å². The zero-order valence-corrected chi connectivity index (χ0v) is 19.9. The van der Waals surface area contributed by atoms with Gasteiger partial charge in [-0.1, -0.05) is 29.8 Å². The highest BCUT2D eigenvalue weighted by atomic mass is 127. The van der Waals surface area contributed by atoms with Crippen molar-refractivity contribution in [1.29, 1.82) is 5.26 Å². The fourth-order valence-electron chi connectivity index (χ4n) is 3.34. The van der Waals surface area contributed by atoms with Crippen LogP contribution >= 0.6 is 24.0 Å². The number of benzene rings is 1. The average Bonchev–Trinajstić information content (AvgIpc) is 3.33. The van der Waals surface area contributed by atoms with E-state index in [2.05, 4.69) is 45.9 Å². The summed E-state index contributed by atoms with van der Waals surface area (Å²) in [5, 5.41) is 20.9. The first kappa shape index (κ1) is 23.7. The van der Waals surface area contributed by atoms with E-state index in [9.17, 15) is 5.26 Å². The lowest BCUT2D eigenvalue weighted by atomic mass is 10.1. The highest BCUT2D eigenvalue weighted by Crippen LogP contribution is 2.21. The number of rotatable bonds is 7. The molecule has 4 N–H and O–H groups in total. The highest BCUT2D eigenvalue weighted by Gasteiger charge is 2.16. The standard InChI is InChI=1S/C22H29N7.HI/c1-3-25-22(27-17-7-4-5-8-17)26-14-6-9-20-19(15-23)21(24)29(28-20)18-12-10-16(2)11-13-18;/h4-5,10-13,17H,3,6-9,14,24H2,1-2H3,(H2,25,26,27);1H. The van der Waals surface area contributed by atoms with E-state index in [1.807, 2.05) is 31.2 Å². The van der Waals surface area contributed by atoms with E-state index in [4.69, 9.17) is 5.73 Å². The maximum Gasteiger partial charge on any atom is 0.191 e. The Kier molecular flexibility index (Phi) is 9.17. The van der Waals surface area contributed by atoms with Crippen molar-refractivity contribution >= 4 is 35.8 Å². The predicted molar refractivity (Wildman–Crippen MR) is 132 cm³/mol. The number of hydrogen-bond acceptors (Lipinski definition) is 4. The molecule has 0 aliphatic heterocycles. The molecule has 8 heteroatoms. The van der Waals surface area contributed by atoms with Crippen molar-refractivity contribution < 1.29 is 0 Å². The van der Waals surface area contributed by atoms with Gasteiger partial charge in [-0.3, -0.25) is 4.99 Å². The summed E-state index contributed by atoms with van der Waals surface area (Å²) in [5.41, 5.74) is 9.39. The normalized spacial score (nSPS) is 13.7. The lowest BCUT2D eigenvalue weighted by molar-refractivity contribution is 0.632. The molecule has 1 aromatic carbocycles. The number of anilines is 1. The number of guanidine groups is 1. The van der Waals surface area contributed by atoms with Crippen LogP contribution in [0.25, 0.3) is 5.69 Å². The van der Waals surface area contributed by atoms with Crippen LogP contribution in [0.5, 0.6) is 0 Å². The van der Waals surface area contributed by atoms with Crippen molar-refractivity contribution in [2.45, 2.75) is 45.6 Å². The second-order valence-electron chi connectivity index (χ2n) is 7.21. The summed E-state index contributed by atoms with van der Waals surface area (Å²) in [6, 6.07) is 10.6. The molecule has 0 amide bonds. The molecule has 30 heavy (non-hydrogen) atoms. The molecular formula is C22H30IN7. The second kappa shape index (κ2) is 11.6. The van der Waals surface area contributed by atoms with Gasteiger partial charge in [0.05, 0.1) is 11.4 Å². The van der Waals surface area contributed by atoms with Gasteiger partial charge in [-0.05, 0) is 51.7 Å². The molecular weight excluding hydrogens is 489 g/mol.